The molecule has 230 valence electrons. The summed E-state index contributed by atoms with van der Waals surface area (Å²) < 4.78 is 2.19. The van der Waals surface area contributed by atoms with Gasteiger partial charge < -0.3 is 5.32 Å². The third-order valence-electron chi connectivity index (χ3n) is 6.34. The lowest BCUT2D eigenvalue weighted by Crippen LogP contribution is -2.23. The zero-order chi connectivity index (χ0) is 31.0. The first-order chi connectivity index (χ1) is 20.5. The molecule has 0 fully saturated rings. The molecule has 0 bridgehead atoms. The van der Waals surface area contributed by atoms with Crippen molar-refractivity contribution in [3.8, 4) is 5.69 Å². The van der Waals surface area contributed by atoms with Crippen LogP contribution in [-0.2, 0) is 17.6 Å². The van der Waals surface area contributed by atoms with Crippen LogP contribution in [0.25, 0.3) is 5.69 Å². The molecule has 0 radical (unpaired) electrons. The zero-order valence-electron chi connectivity index (χ0n) is 27.2. The normalized spacial score (nSPS) is 11.5. The second-order valence-electron chi connectivity index (χ2n) is 9.77. The average Bonchev–Trinajstić information content (AvgIpc) is 3.47. The summed E-state index contributed by atoms with van der Waals surface area (Å²) in [6, 6.07) is 18.8. The number of rotatable bonds is 11. The Hall–Kier alpha value is -3.12. The predicted molar refractivity (Wildman–Crippen MR) is 183 cm³/mol. The second-order valence-corrected chi connectivity index (χ2v) is 10.7. The smallest absolute Gasteiger partial charge is 0.219 e. The molecule has 0 atom stereocenters. The molecule has 5 nitrogen and oxygen atoms in total. The number of amides is 1. The van der Waals surface area contributed by atoms with E-state index in [4.69, 9.17) is 0 Å². The molecule has 0 saturated carbocycles. The molecule has 3 aromatic rings. The second kappa shape index (κ2) is 23.4. The van der Waals surface area contributed by atoms with Gasteiger partial charge in [0.25, 0.3) is 0 Å². The number of aromatic nitrogens is 3. The van der Waals surface area contributed by atoms with Crippen LogP contribution in [-0.4, -0.2) is 33.0 Å². The predicted octanol–water partition coefficient (Wildman–Crippen LogP) is 9.48. The molecule has 2 aromatic carbocycles. The minimum atomic E-state index is 0.137. The molecule has 1 amide bonds. The number of carbonyl (C=O) groups excluding carboxylic acids is 1. The van der Waals surface area contributed by atoms with Gasteiger partial charge >= 0.3 is 0 Å². The molecule has 42 heavy (non-hydrogen) atoms. The lowest BCUT2D eigenvalue weighted by Gasteiger charge is -2.11. The molecule has 0 spiro atoms. The Morgan fingerprint density at radius 1 is 0.952 bits per heavy atom. The highest BCUT2D eigenvalue weighted by Crippen LogP contribution is 2.26. The van der Waals surface area contributed by atoms with Gasteiger partial charge in [-0.15, -0.1) is 10.2 Å². The number of unbranched alkanes of at least 4 members (excludes halogenated alkanes) is 1. The molecule has 4 rings (SSSR count). The highest BCUT2D eigenvalue weighted by Gasteiger charge is 2.14. The van der Waals surface area contributed by atoms with Crippen molar-refractivity contribution in [3.63, 3.8) is 0 Å². The summed E-state index contributed by atoms with van der Waals surface area (Å²) in [7, 11) is 0. The summed E-state index contributed by atoms with van der Waals surface area (Å²) in [5.41, 5.74) is 5.12. The fourth-order valence-corrected chi connectivity index (χ4v) is 4.81. The molecule has 1 aromatic heterocycles. The van der Waals surface area contributed by atoms with E-state index in [1.165, 1.54) is 29.5 Å². The van der Waals surface area contributed by atoms with Crippen LogP contribution in [0.5, 0.6) is 0 Å². The largest absolute Gasteiger partial charge is 0.356 e. The Labute approximate surface area is 260 Å². The number of hydrogen-bond donors (Lipinski definition) is 1. The van der Waals surface area contributed by atoms with E-state index < -0.39 is 0 Å². The van der Waals surface area contributed by atoms with Gasteiger partial charge in [0.15, 0.2) is 5.16 Å². The number of aryl methyl sites for hydroxylation is 3. The number of thioether (sulfide) groups is 1. The summed E-state index contributed by atoms with van der Waals surface area (Å²) in [6.45, 7) is 15.2. The van der Waals surface area contributed by atoms with Crippen molar-refractivity contribution in [2.24, 2.45) is 0 Å². The summed E-state index contributed by atoms with van der Waals surface area (Å²) in [4.78, 5) is 10.9. The molecule has 1 aliphatic rings. The maximum Gasteiger partial charge on any atom is 0.219 e. The molecule has 0 unspecified atom stereocenters. The van der Waals surface area contributed by atoms with E-state index in [1.807, 2.05) is 39.0 Å². The van der Waals surface area contributed by atoms with Gasteiger partial charge in [0.1, 0.15) is 5.82 Å². The zero-order valence-corrected chi connectivity index (χ0v) is 28.0. The number of hydrogen-bond acceptors (Lipinski definition) is 4. The van der Waals surface area contributed by atoms with Crippen LogP contribution in [0.2, 0.25) is 0 Å². The third kappa shape index (κ3) is 14.7. The van der Waals surface area contributed by atoms with E-state index >= 15 is 0 Å². The lowest BCUT2D eigenvalue weighted by atomic mass is 10.1. The van der Waals surface area contributed by atoms with Gasteiger partial charge in [-0.25, -0.2) is 0 Å². The molecule has 1 aliphatic carbocycles. The lowest BCUT2D eigenvalue weighted by molar-refractivity contribution is -0.120. The fourth-order valence-electron chi connectivity index (χ4n) is 3.86. The first-order valence-electron chi connectivity index (χ1n) is 15.8. The molecular formula is C36H54N4OS. The van der Waals surface area contributed by atoms with E-state index in [0.29, 0.717) is 6.42 Å². The third-order valence-corrected chi connectivity index (χ3v) is 7.34. The van der Waals surface area contributed by atoms with E-state index in [9.17, 15) is 4.79 Å². The van der Waals surface area contributed by atoms with Gasteiger partial charge in [0.2, 0.25) is 5.91 Å². The number of nitrogens with zero attached hydrogens (tertiary/aromatic N) is 3. The maximum absolute atomic E-state index is 10.9. The quantitative estimate of drug-likeness (QED) is 0.178. The number of nitrogens with one attached hydrogen (secondary N) is 1. The Morgan fingerprint density at radius 2 is 1.69 bits per heavy atom. The summed E-state index contributed by atoms with van der Waals surface area (Å²) >= 11 is 1.76. The van der Waals surface area contributed by atoms with Crippen molar-refractivity contribution >= 4 is 17.7 Å². The highest BCUT2D eigenvalue weighted by atomic mass is 32.2. The van der Waals surface area contributed by atoms with Gasteiger partial charge in [-0.05, 0) is 61.4 Å². The Balaban J connectivity index is 0.000000379. The van der Waals surface area contributed by atoms with Crippen LogP contribution in [0.4, 0.5) is 0 Å². The Morgan fingerprint density at radius 3 is 2.29 bits per heavy atom. The van der Waals surface area contributed by atoms with E-state index in [1.54, 1.807) is 11.8 Å². The fraction of sp³-hybridized carbons (Fsp3) is 0.472. The summed E-state index contributed by atoms with van der Waals surface area (Å²) in [5, 5.41) is 12.6. The van der Waals surface area contributed by atoms with Crippen molar-refractivity contribution in [1.82, 2.24) is 20.1 Å². The van der Waals surface area contributed by atoms with Crippen molar-refractivity contribution in [3.05, 3.63) is 95.3 Å². The monoisotopic (exact) mass is 590 g/mol. The molecule has 0 saturated heterocycles. The number of carbonyl (C=O) groups is 1. The van der Waals surface area contributed by atoms with Crippen LogP contribution in [0, 0.1) is 6.92 Å². The van der Waals surface area contributed by atoms with Gasteiger partial charge in [-0.1, -0.05) is 127 Å². The van der Waals surface area contributed by atoms with Crippen molar-refractivity contribution in [2.45, 2.75) is 105 Å². The number of benzene rings is 2. The van der Waals surface area contributed by atoms with Crippen LogP contribution >= 0.6 is 11.8 Å². The Bertz CT molecular complexity index is 1180. The first-order valence-corrected chi connectivity index (χ1v) is 16.8. The topological polar surface area (TPSA) is 59.8 Å². The van der Waals surface area contributed by atoms with Gasteiger partial charge in [0, 0.05) is 30.8 Å². The summed E-state index contributed by atoms with van der Waals surface area (Å²) in [5.74, 6) is 2.10. The minimum Gasteiger partial charge on any atom is -0.356 e. The highest BCUT2D eigenvalue weighted by molar-refractivity contribution is 7.99. The molecule has 0 aliphatic heterocycles. The van der Waals surface area contributed by atoms with Gasteiger partial charge in [0.05, 0.1) is 0 Å². The SMILES string of the molecule is CC.CCC(=O)NCCCc1ccccc1.CCCC.CCc1nnc(SCC2=CCCC=C2)n1-c1cccc(C)c1. The van der Waals surface area contributed by atoms with Crippen molar-refractivity contribution in [2.75, 3.05) is 12.3 Å². The Kier molecular flexibility index (Phi) is 20.6. The first kappa shape index (κ1) is 36.9. The van der Waals surface area contributed by atoms with E-state index in [2.05, 4.69) is 102 Å². The van der Waals surface area contributed by atoms with Crippen LogP contribution in [0.15, 0.2) is 83.6 Å². The van der Waals surface area contributed by atoms with E-state index in [0.717, 1.165) is 61.1 Å². The molecule has 1 heterocycles. The summed E-state index contributed by atoms with van der Waals surface area (Å²) in [6.07, 6.45) is 15.2. The molecular weight excluding hydrogens is 536 g/mol. The molecule has 1 N–H and O–H groups in total. The number of allylic oxidation sites excluding steroid dienone is 3. The van der Waals surface area contributed by atoms with Gasteiger partial charge in [-0.3, -0.25) is 9.36 Å². The average molecular weight is 591 g/mol. The van der Waals surface area contributed by atoms with Gasteiger partial charge in [-0.2, -0.15) is 0 Å². The van der Waals surface area contributed by atoms with E-state index in [-0.39, 0.29) is 5.91 Å². The van der Waals surface area contributed by atoms with Crippen LogP contribution < -0.4 is 5.32 Å². The minimum absolute atomic E-state index is 0.137. The maximum atomic E-state index is 10.9. The molecule has 6 heteroatoms. The van der Waals surface area contributed by atoms with Crippen LogP contribution in [0.3, 0.4) is 0 Å². The van der Waals surface area contributed by atoms with Crippen LogP contribution in [0.1, 0.15) is 97.0 Å². The van der Waals surface area contributed by atoms with Crippen molar-refractivity contribution < 1.29 is 4.79 Å². The van der Waals surface area contributed by atoms with Crippen molar-refractivity contribution in [1.29, 1.82) is 0 Å². The standard InChI is InChI=1S/C18H21N3S.C12H17NO.C4H10.C2H6/c1-3-17-19-20-18(22-13-15-9-5-4-6-10-15)21(17)16-11-7-8-14(2)12-16;1-2-12(14)13-10-6-9-11-7-4-3-5-8-11;1-3-4-2;1-2/h5,7-12H,3-4,6,13H2,1-2H3;3-5,7-8H,2,6,9-10H2,1H3,(H,13,14);3-4H2,1-2H3;1-2H3.